The predicted octanol–water partition coefficient (Wildman–Crippen LogP) is 5.11. The van der Waals surface area contributed by atoms with Gasteiger partial charge in [0.25, 0.3) is 11.8 Å². The lowest BCUT2D eigenvalue weighted by Crippen LogP contribution is -2.38. The number of anilines is 1. The largest absolute Gasteiger partial charge is 0.496 e. The Labute approximate surface area is 174 Å². The van der Waals surface area contributed by atoms with Crippen molar-refractivity contribution in [3.8, 4) is 5.75 Å². The molecule has 1 aliphatic carbocycles. The van der Waals surface area contributed by atoms with Crippen LogP contribution in [-0.2, 0) is 0 Å². The van der Waals surface area contributed by atoms with Gasteiger partial charge in [-0.25, -0.2) is 0 Å². The molecule has 0 radical (unpaired) electrons. The average molecular weight is 445 g/mol. The zero-order valence-corrected chi connectivity index (χ0v) is 17.8. The Bertz CT molecular complexity index is 863. The fourth-order valence-electron chi connectivity index (χ4n) is 3.60. The van der Waals surface area contributed by atoms with Crippen molar-refractivity contribution in [3.63, 3.8) is 0 Å². The van der Waals surface area contributed by atoms with Gasteiger partial charge >= 0.3 is 0 Å². The Morgan fingerprint density at radius 1 is 1.11 bits per heavy atom. The van der Waals surface area contributed by atoms with Crippen molar-refractivity contribution >= 4 is 33.4 Å². The first-order chi connectivity index (χ1) is 13.5. The number of ether oxygens (including phenoxy) is 1. The number of carbonyl (C=O) groups is 2. The van der Waals surface area contributed by atoms with E-state index in [2.05, 4.69) is 21.2 Å². The van der Waals surface area contributed by atoms with E-state index in [1.165, 1.54) is 6.42 Å². The van der Waals surface area contributed by atoms with Crippen LogP contribution in [0.3, 0.4) is 0 Å². The molecule has 0 unspecified atom stereocenters. The van der Waals surface area contributed by atoms with Gasteiger partial charge in [0.05, 0.1) is 22.8 Å². The minimum Gasteiger partial charge on any atom is -0.496 e. The molecule has 0 saturated heterocycles. The monoisotopic (exact) mass is 444 g/mol. The molecule has 5 nitrogen and oxygen atoms in total. The van der Waals surface area contributed by atoms with E-state index in [1.807, 2.05) is 24.1 Å². The molecule has 2 aromatic carbocycles. The zero-order valence-electron chi connectivity index (χ0n) is 16.2. The van der Waals surface area contributed by atoms with E-state index in [-0.39, 0.29) is 17.9 Å². The van der Waals surface area contributed by atoms with E-state index in [4.69, 9.17) is 4.74 Å². The Morgan fingerprint density at radius 2 is 1.82 bits per heavy atom. The molecule has 1 aliphatic rings. The predicted molar refractivity (Wildman–Crippen MR) is 114 cm³/mol. The van der Waals surface area contributed by atoms with Gasteiger partial charge < -0.3 is 15.0 Å². The molecule has 0 spiro atoms. The highest BCUT2D eigenvalue weighted by Crippen LogP contribution is 2.27. The molecule has 3 rings (SSSR count). The number of benzene rings is 2. The molecule has 0 bridgehead atoms. The molecule has 148 valence electrons. The van der Waals surface area contributed by atoms with Crippen LogP contribution in [0.4, 0.5) is 5.69 Å². The van der Waals surface area contributed by atoms with E-state index in [0.717, 1.165) is 25.7 Å². The summed E-state index contributed by atoms with van der Waals surface area (Å²) in [5.74, 6) is 0.323. The number of hydrogen-bond acceptors (Lipinski definition) is 3. The standard InChI is InChI=1S/C22H25BrN2O3/c1-25(16-8-4-3-5-9-16)22(27)17-10-6-7-11-19(17)24-21(26)15-12-13-20(28-2)18(23)14-15/h6-7,10-14,16H,3-5,8-9H2,1-2H3,(H,24,26). The molecule has 0 heterocycles. The number of rotatable bonds is 5. The van der Waals surface area contributed by atoms with Crippen molar-refractivity contribution in [2.24, 2.45) is 0 Å². The van der Waals surface area contributed by atoms with E-state index in [9.17, 15) is 9.59 Å². The highest BCUT2D eigenvalue weighted by molar-refractivity contribution is 9.10. The fraction of sp³-hybridized carbons (Fsp3) is 0.364. The van der Waals surface area contributed by atoms with Gasteiger partial charge in [0.1, 0.15) is 5.75 Å². The second-order valence-corrected chi connectivity index (χ2v) is 7.91. The summed E-state index contributed by atoms with van der Waals surface area (Å²) in [7, 11) is 3.43. The summed E-state index contributed by atoms with van der Waals surface area (Å²) in [5.41, 5.74) is 1.51. The molecular weight excluding hydrogens is 420 g/mol. The van der Waals surface area contributed by atoms with E-state index in [0.29, 0.717) is 27.0 Å². The summed E-state index contributed by atoms with van der Waals surface area (Å²) in [4.78, 5) is 27.6. The maximum absolute atomic E-state index is 13.1. The second-order valence-electron chi connectivity index (χ2n) is 7.06. The van der Waals surface area contributed by atoms with Crippen molar-refractivity contribution in [2.75, 3.05) is 19.5 Å². The lowest BCUT2D eigenvalue weighted by molar-refractivity contribution is 0.0697. The van der Waals surface area contributed by atoms with Crippen LogP contribution in [0, 0.1) is 0 Å². The number of hydrogen-bond donors (Lipinski definition) is 1. The Morgan fingerprint density at radius 3 is 2.50 bits per heavy atom. The summed E-state index contributed by atoms with van der Waals surface area (Å²) in [5, 5.41) is 2.88. The number of para-hydroxylation sites is 1. The number of carbonyl (C=O) groups excluding carboxylic acids is 2. The summed E-state index contributed by atoms with van der Waals surface area (Å²) in [6.45, 7) is 0. The van der Waals surface area contributed by atoms with Gasteiger partial charge in [0.2, 0.25) is 0 Å². The van der Waals surface area contributed by atoms with Gasteiger partial charge in [0.15, 0.2) is 0 Å². The van der Waals surface area contributed by atoms with Crippen molar-refractivity contribution < 1.29 is 14.3 Å². The minimum absolute atomic E-state index is 0.0567. The highest BCUT2D eigenvalue weighted by atomic mass is 79.9. The first-order valence-electron chi connectivity index (χ1n) is 9.52. The maximum Gasteiger partial charge on any atom is 0.255 e. The number of nitrogens with zero attached hydrogens (tertiary/aromatic N) is 1. The van der Waals surface area contributed by atoms with Gasteiger partial charge in [0, 0.05) is 18.7 Å². The molecule has 1 N–H and O–H groups in total. The molecule has 0 aliphatic heterocycles. The second kappa shape index (κ2) is 9.24. The lowest BCUT2D eigenvalue weighted by Gasteiger charge is -2.31. The van der Waals surface area contributed by atoms with Gasteiger partial charge in [-0.15, -0.1) is 0 Å². The lowest BCUT2D eigenvalue weighted by atomic mass is 9.94. The minimum atomic E-state index is -0.274. The molecule has 0 aromatic heterocycles. The van der Waals surface area contributed by atoms with Crippen LogP contribution in [0.15, 0.2) is 46.9 Å². The maximum atomic E-state index is 13.1. The first kappa shape index (κ1) is 20.4. The third-order valence-corrected chi connectivity index (χ3v) is 5.88. The third kappa shape index (κ3) is 4.55. The van der Waals surface area contributed by atoms with Crippen LogP contribution in [0.1, 0.15) is 52.8 Å². The molecule has 1 fully saturated rings. The molecule has 0 atom stereocenters. The highest BCUT2D eigenvalue weighted by Gasteiger charge is 2.25. The number of amides is 2. The molecule has 6 heteroatoms. The van der Waals surface area contributed by atoms with E-state index in [1.54, 1.807) is 37.4 Å². The van der Waals surface area contributed by atoms with Gasteiger partial charge in [-0.1, -0.05) is 31.4 Å². The summed E-state index contributed by atoms with van der Waals surface area (Å²) < 4.78 is 5.90. The number of halogens is 1. The molecule has 2 aromatic rings. The quantitative estimate of drug-likeness (QED) is 0.696. The van der Waals surface area contributed by atoms with E-state index >= 15 is 0 Å². The molecule has 2 amide bonds. The van der Waals surface area contributed by atoms with Crippen LogP contribution in [-0.4, -0.2) is 36.9 Å². The van der Waals surface area contributed by atoms with Crippen LogP contribution in [0.25, 0.3) is 0 Å². The van der Waals surface area contributed by atoms with E-state index < -0.39 is 0 Å². The van der Waals surface area contributed by atoms with Crippen LogP contribution in [0.2, 0.25) is 0 Å². The summed E-state index contributed by atoms with van der Waals surface area (Å²) in [6, 6.07) is 12.6. The number of nitrogens with one attached hydrogen (secondary N) is 1. The van der Waals surface area contributed by atoms with Gasteiger partial charge in [-0.3, -0.25) is 9.59 Å². The van der Waals surface area contributed by atoms with Gasteiger partial charge in [-0.2, -0.15) is 0 Å². The Balaban J connectivity index is 1.79. The van der Waals surface area contributed by atoms with Crippen LogP contribution >= 0.6 is 15.9 Å². The molecule has 1 saturated carbocycles. The smallest absolute Gasteiger partial charge is 0.255 e. The third-order valence-electron chi connectivity index (χ3n) is 5.26. The topological polar surface area (TPSA) is 58.6 Å². The van der Waals surface area contributed by atoms with Crippen molar-refractivity contribution in [3.05, 3.63) is 58.1 Å². The summed E-state index contributed by atoms with van der Waals surface area (Å²) >= 11 is 3.40. The first-order valence-corrected chi connectivity index (χ1v) is 10.3. The van der Waals surface area contributed by atoms with Gasteiger partial charge in [-0.05, 0) is 59.1 Å². The van der Waals surface area contributed by atoms with Crippen molar-refractivity contribution in [1.29, 1.82) is 0 Å². The molecule has 28 heavy (non-hydrogen) atoms. The molecular formula is C22H25BrN2O3. The van der Waals surface area contributed by atoms with Crippen molar-refractivity contribution in [2.45, 2.75) is 38.1 Å². The Kier molecular flexibility index (Phi) is 6.73. The number of methoxy groups -OCH3 is 1. The fourth-order valence-corrected chi connectivity index (χ4v) is 4.15. The Hall–Kier alpha value is -2.34. The van der Waals surface area contributed by atoms with Crippen molar-refractivity contribution in [1.82, 2.24) is 4.90 Å². The SMILES string of the molecule is COc1ccc(C(=O)Nc2ccccc2C(=O)N(C)C2CCCCC2)cc1Br. The van der Waals surface area contributed by atoms with Crippen LogP contribution < -0.4 is 10.1 Å². The normalized spacial score (nSPS) is 14.4. The average Bonchev–Trinajstić information content (AvgIpc) is 2.73. The zero-order chi connectivity index (χ0) is 20.1. The summed E-state index contributed by atoms with van der Waals surface area (Å²) in [6.07, 6.45) is 5.63. The van der Waals surface area contributed by atoms with Crippen LogP contribution in [0.5, 0.6) is 5.75 Å².